The second-order valence-electron chi connectivity index (χ2n) is 22.4. The number of aryl methyl sites for hydroxylation is 1. The Bertz CT molecular complexity index is 5720. The predicted octanol–water partition coefficient (Wildman–Crippen LogP) is 22.8. The molecule has 0 aliphatic heterocycles. The van der Waals surface area contributed by atoms with Gasteiger partial charge >= 0.3 is 18.5 Å². The molecule has 15 nitrogen and oxygen atoms in total. The summed E-state index contributed by atoms with van der Waals surface area (Å²) in [5.74, 6) is 2.91. The van der Waals surface area contributed by atoms with Gasteiger partial charge in [0.1, 0.15) is 0 Å². The number of aromatic amines is 5. The second-order valence-corrected chi connectivity index (χ2v) is 25.7. The lowest BCUT2D eigenvalue weighted by molar-refractivity contribution is -0.138. The van der Waals surface area contributed by atoms with Crippen molar-refractivity contribution in [1.82, 2.24) is 73.8 Å². The summed E-state index contributed by atoms with van der Waals surface area (Å²) in [5.41, 5.74) is 5.75. The molecule has 15 rings (SSSR count). The Balaban J connectivity index is 0.000000131. The molecule has 0 radical (unpaired) electrons. The highest BCUT2D eigenvalue weighted by molar-refractivity contribution is 9.10. The van der Waals surface area contributed by atoms with Gasteiger partial charge in [-0.15, -0.1) is 0 Å². The minimum absolute atomic E-state index is 0.238. The second kappa shape index (κ2) is 33.3. The number of benzene rings is 10. The Morgan fingerprint density at radius 1 is 0.295 bits per heavy atom. The van der Waals surface area contributed by atoms with Gasteiger partial charge in [-0.2, -0.15) is 65.0 Å². The monoisotopic (exact) mass is 1600 g/mol. The first-order chi connectivity index (χ1) is 50.3. The van der Waals surface area contributed by atoms with E-state index in [1.54, 1.807) is 28.2 Å². The molecule has 5 aromatic heterocycles. The first kappa shape index (κ1) is 75.3. The molecule has 105 heavy (non-hydrogen) atoms. The van der Waals surface area contributed by atoms with E-state index in [0.29, 0.717) is 64.1 Å². The van der Waals surface area contributed by atoms with E-state index in [1.807, 2.05) is 209 Å². The van der Waals surface area contributed by atoms with Crippen molar-refractivity contribution in [3.05, 3.63) is 323 Å². The maximum absolute atomic E-state index is 13.1. The lowest BCUT2D eigenvalue weighted by Crippen LogP contribution is -2.07. The van der Waals surface area contributed by atoms with Gasteiger partial charge < -0.3 is 0 Å². The fourth-order valence-electron chi connectivity index (χ4n) is 10.5. The van der Waals surface area contributed by atoms with E-state index >= 15 is 0 Å². The van der Waals surface area contributed by atoms with Crippen molar-refractivity contribution in [2.24, 2.45) is 0 Å². The van der Waals surface area contributed by atoms with Crippen LogP contribution in [0.1, 0.15) is 22.3 Å². The molecule has 0 amide bonds. The first-order valence-corrected chi connectivity index (χ1v) is 34.2. The summed E-state index contributed by atoms with van der Waals surface area (Å²) in [6, 6.07) is 76.5. The number of hydrogen-bond acceptors (Lipinski definition) is 10. The van der Waals surface area contributed by atoms with Gasteiger partial charge in [-0.05, 0) is 189 Å². The van der Waals surface area contributed by atoms with Crippen molar-refractivity contribution in [3.8, 4) is 85.4 Å². The summed E-state index contributed by atoms with van der Waals surface area (Å²) in [6.45, 7) is 1.62. The summed E-state index contributed by atoms with van der Waals surface area (Å²) in [5, 5.41) is 35.3. The van der Waals surface area contributed by atoms with Crippen molar-refractivity contribution in [1.29, 1.82) is 0 Å². The summed E-state index contributed by atoms with van der Waals surface area (Å²) in [6.07, 6.45) is -13.2. The van der Waals surface area contributed by atoms with Gasteiger partial charge in [-0.1, -0.05) is 179 Å². The van der Waals surface area contributed by atoms with Crippen LogP contribution in [0.25, 0.3) is 85.4 Å². The number of nitrogens with one attached hydrogen (secondary N) is 5. The number of alkyl halides is 9. The van der Waals surface area contributed by atoms with Gasteiger partial charge in [0.25, 0.3) is 0 Å². The molecule has 10 aromatic carbocycles. The minimum Gasteiger partial charge on any atom is -0.268 e. The number of H-pyrrole nitrogens is 5. The molecule has 0 bridgehead atoms. The molecule has 0 spiro atoms. The zero-order valence-electron chi connectivity index (χ0n) is 54.1. The molecule has 0 saturated carbocycles. The van der Waals surface area contributed by atoms with E-state index < -0.39 is 35.2 Å². The number of halogens is 11. The lowest BCUT2D eigenvalue weighted by Gasteiger charge is -2.12. The summed E-state index contributed by atoms with van der Waals surface area (Å²) < 4.78 is 127. The van der Waals surface area contributed by atoms with Crippen LogP contribution in [0.15, 0.2) is 271 Å². The predicted molar refractivity (Wildman–Crippen MR) is 403 cm³/mol. The van der Waals surface area contributed by atoms with Crippen LogP contribution >= 0.6 is 88.6 Å². The summed E-state index contributed by atoms with van der Waals surface area (Å²) in [4.78, 5) is 0. The van der Waals surface area contributed by atoms with E-state index in [4.69, 9.17) is 72.7 Å². The highest BCUT2D eigenvalue weighted by atomic mass is 79.9. The third-order valence-corrected chi connectivity index (χ3v) is 17.3. The molecule has 0 unspecified atom stereocenters. The molecule has 5 heterocycles. The fraction of sp³-hybridized carbons (Fsp3) is 0.0541. The normalized spacial score (nSPS) is 11.2. The smallest absolute Gasteiger partial charge is 0.268 e. The van der Waals surface area contributed by atoms with Crippen LogP contribution < -0.4 is 0 Å². The van der Waals surface area contributed by atoms with Crippen LogP contribution in [0.2, 0.25) is 5.02 Å². The number of hydrogen-bond donors (Lipinski definition) is 5. The maximum Gasteiger partial charge on any atom is 0.416 e. The quantitative estimate of drug-likeness (QED) is 0.0657. The van der Waals surface area contributed by atoms with Gasteiger partial charge in [0.15, 0.2) is 53.0 Å². The average Bonchev–Trinajstić information content (AvgIpc) is 1.76. The van der Waals surface area contributed by atoms with Gasteiger partial charge in [-0.25, -0.2) is 0 Å². The molecular weight excluding hydrogens is 1550 g/mol. The fourth-order valence-corrected chi connectivity index (χ4v) is 12.1. The van der Waals surface area contributed by atoms with E-state index in [0.717, 1.165) is 91.8 Å². The molecule has 0 saturated heterocycles. The van der Waals surface area contributed by atoms with Crippen LogP contribution in [0, 0.1) is 30.8 Å². The number of rotatable bonds is 10. The number of para-hydroxylation sites is 2. The van der Waals surface area contributed by atoms with Crippen molar-refractivity contribution in [2.75, 3.05) is 0 Å². The van der Waals surface area contributed by atoms with Crippen molar-refractivity contribution in [2.45, 2.75) is 25.5 Å². The van der Waals surface area contributed by atoms with Crippen LogP contribution in [0.5, 0.6) is 0 Å². The molecule has 0 fully saturated rings. The van der Waals surface area contributed by atoms with E-state index in [-0.39, 0.29) is 4.77 Å². The van der Waals surface area contributed by atoms with E-state index in [2.05, 4.69) is 66.9 Å². The van der Waals surface area contributed by atoms with Crippen LogP contribution in [-0.4, -0.2) is 73.8 Å². The maximum atomic E-state index is 13.1. The molecule has 15 aromatic rings. The molecule has 31 heteroatoms. The highest BCUT2D eigenvalue weighted by Crippen LogP contribution is 2.36. The lowest BCUT2D eigenvalue weighted by atomic mass is 10.1. The standard InChI is InChI=1S/C16H12F3N3S.2C15H10F3N3S.C14H10BrN3S.C14H10ClN3S/c1-10-7-12(16(17,18)19)9-13(8-10)22-14(20-21-15(22)23)11-5-3-2-4-6-11;16-15(17,18)11-6-4-5-10(9-11)13-19-20-14(22)21(13)12-7-2-1-3-8-12;16-15(17,18)11-6-8-12(9-7-11)21-13(19-20-14(21)22)10-4-2-1-3-5-10;15-11-6-8-12(9-7-11)18-13(16-17-14(18)19)10-4-2-1-3-5-10;15-11-6-4-5-10(9-11)13-16-17-14(19)18(13)12-7-2-1-3-8-12/h2-9H,1H3,(H,21,23);2*1-9H,(H,20,22);2*1-9H,(H,17,19). The van der Waals surface area contributed by atoms with Crippen molar-refractivity contribution < 1.29 is 39.5 Å². The molecule has 0 aliphatic carbocycles. The van der Waals surface area contributed by atoms with Gasteiger partial charge in [-0.3, -0.25) is 48.3 Å². The van der Waals surface area contributed by atoms with Crippen LogP contribution in [0.3, 0.4) is 0 Å². The number of aromatic nitrogens is 15. The SMILES string of the molecule is Cc1cc(-n2c(-c3ccccc3)n[nH]c2=S)cc(C(F)(F)F)c1.FC(F)(F)c1ccc(-n2c(-c3ccccc3)n[nH]c2=S)cc1.FC(F)(F)c1cccc(-c2n[nH]c(=S)n2-c2ccccc2)c1.S=c1[nH]nc(-c2cccc(Cl)c2)n1-c1ccccc1.S=c1[nH]nc(-c2ccccc2)n1-c1ccc(Br)cc1. The largest absolute Gasteiger partial charge is 0.416 e. The minimum atomic E-state index is -4.42. The molecule has 0 atom stereocenters. The van der Waals surface area contributed by atoms with Gasteiger partial charge in [0.05, 0.1) is 28.1 Å². The zero-order chi connectivity index (χ0) is 74.6. The Morgan fingerprint density at radius 2 is 0.590 bits per heavy atom. The van der Waals surface area contributed by atoms with Crippen molar-refractivity contribution >= 4 is 88.6 Å². The van der Waals surface area contributed by atoms with E-state index in [1.165, 1.54) is 22.8 Å². The molecule has 0 aliphatic rings. The Kier molecular flexibility index (Phi) is 23.9. The number of nitrogens with zero attached hydrogens (tertiary/aromatic N) is 10. The van der Waals surface area contributed by atoms with E-state index in [9.17, 15) is 39.5 Å². The zero-order valence-corrected chi connectivity index (χ0v) is 60.5. The highest BCUT2D eigenvalue weighted by Gasteiger charge is 2.33. The van der Waals surface area contributed by atoms with Crippen LogP contribution in [-0.2, 0) is 18.5 Å². The van der Waals surface area contributed by atoms with Crippen LogP contribution in [0.4, 0.5) is 39.5 Å². The topological polar surface area (TPSA) is 168 Å². The molecule has 530 valence electrons. The first-order valence-electron chi connectivity index (χ1n) is 31.0. The molecule has 5 N–H and O–H groups in total. The third-order valence-electron chi connectivity index (χ3n) is 15.2. The summed E-state index contributed by atoms with van der Waals surface area (Å²) >= 11 is 35.6. The Labute approximate surface area is 630 Å². The summed E-state index contributed by atoms with van der Waals surface area (Å²) in [7, 11) is 0. The average molecular weight is 1600 g/mol. The molecular formula is C74H52BrClF9N15S5. The van der Waals surface area contributed by atoms with Gasteiger partial charge in [0, 0.05) is 54.4 Å². The van der Waals surface area contributed by atoms with Crippen molar-refractivity contribution in [3.63, 3.8) is 0 Å². The van der Waals surface area contributed by atoms with Gasteiger partial charge in [0.2, 0.25) is 0 Å². The Morgan fingerprint density at radius 3 is 0.943 bits per heavy atom. The third kappa shape index (κ3) is 18.6. The Hall–Kier alpha value is -10.9.